The number of hydrogen-bond acceptors (Lipinski definition) is 5. The van der Waals surface area contributed by atoms with Gasteiger partial charge in [0.2, 0.25) is 10.0 Å². The molecule has 2 aromatic heterocycles. The van der Waals surface area contributed by atoms with E-state index in [1.165, 1.54) is 11.3 Å². The monoisotopic (exact) mass is 316 g/mol. The van der Waals surface area contributed by atoms with Gasteiger partial charge >= 0.3 is 0 Å². The summed E-state index contributed by atoms with van der Waals surface area (Å²) in [6.45, 7) is 4.57. The number of thiophene rings is 1. The van der Waals surface area contributed by atoms with Crippen LogP contribution in [0.15, 0.2) is 27.1 Å². The average Bonchev–Trinajstić information content (AvgIpc) is 3.00. The topological polar surface area (TPSA) is 59.1 Å². The molecular weight excluding hydrogens is 300 g/mol. The number of rotatable bonds is 6. The minimum Gasteiger partial charge on any atom is -0.246 e. The Balaban J connectivity index is 1.90. The van der Waals surface area contributed by atoms with E-state index in [1.807, 2.05) is 5.38 Å². The highest BCUT2D eigenvalue weighted by Crippen LogP contribution is 2.18. The summed E-state index contributed by atoms with van der Waals surface area (Å²) in [5.41, 5.74) is 1.07. The molecule has 2 rings (SSSR count). The minimum atomic E-state index is -3.35. The Bertz CT molecular complexity index is 615. The van der Waals surface area contributed by atoms with Crippen molar-refractivity contribution >= 4 is 32.7 Å². The Morgan fingerprint density at radius 1 is 1.37 bits per heavy atom. The van der Waals surface area contributed by atoms with E-state index in [1.54, 1.807) is 28.8 Å². The van der Waals surface area contributed by atoms with Gasteiger partial charge in [-0.3, -0.25) is 0 Å². The number of hydrogen-bond donors (Lipinski definition) is 1. The fraction of sp³-hybridized carbons (Fsp3) is 0.417. The maximum Gasteiger partial charge on any atom is 0.250 e. The van der Waals surface area contributed by atoms with E-state index in [4.69, 9.17) is 0 Å². The van der Waals surface area contributed by atoms with Crippen molar-refractivity contribution in [3.8, 4) is 0 Å². The Kier molecular flexibility index (Phi) is 4.72. The highest BCUT2D eigenvalue weighted by Gasteiger charge is 2.14. The van der Waals surface area contributed by atoms with Crippen LogP contribution in [0, 0.1) is 0 Å². The van der Waals surface area contributed by atoms with E-state index in [-0.39, 0.29) is 0 Å². The number of sulfonamides is 1. The molecule has 2 heterocycles. The first-order chi connectivity index (χ1) is 8.99. The first-order valence-electron chi connectivity index (χ1n) is 5.96. The Labute approximate surface area is 121 Å². The third-order valence-corrected chi connectivity index (χ3v) is 6.34. The molecule has 0 spiro atoms. The summed E-state index contributed by atoms with van der Waals surface area (Å²) in [5.74, 6) is 0.410. The van der Waals surface area contributed by atoms with Crippen LogP contribution in [-0.2, 0) is 16.4 Å². The van der Waals surface area contributed by atoms with Gasteiger partial charge in [-0.25, -0.2) is 18.1 Å². The van der Waals surface area contributed by atoms with Crippen LogP contribution in [0.2, 0.25) is 0 Å². The minimum absolute atomic E-state index is 0.356. The van der Waals surface area contributed by atoms with Gasteiger partial charge in [0.15, 0.2) is 0 Å². The van der Waals surface area contributed by atoms with Gasteiger partial charge in [-0.1, -0.05) is 19.9 Å². The average molecular weight is 316 g/mol. The van der Waals surface area contributed by atoms with E-state index < -0.39 is 10.0 Å². The van der Waals surface area contributed by atoms with Crippen molar-refractivity contribution in [1.29, 1.82) is 0 Å². The van der Waals surface area contributed by atoms with E-state index in [9.17, 15) is 8.42 Å². The second-order valence-corrected chi connectivity index (χ2v) is 8.28. The second kappa shape index (κ2) is 6.13. The van der Waals surface area contributed by atoms with Crippen LogP contribution >= 0.6 is 22.7 Å². The van der Waals surface area contributed by atoms with Crippen LogP contribution in [0.25, 0.3) is 0 Å². The molecule has 1 N–H and O–H groups in total. The molecule has 0 saturated carbocycles. The summed E-state index contributed by atoms with van der Waals surface area (Å²) < 4.78 is 26.7. The summed E-state index contributed by atoms with van der Waals surface area (Å²) >= 11 is 2.80. The van der Waals surface area contributed by atoms with Gasteiger partial charge in [0.1, 0.15) is 4.21 Å². The predicted octanol–water partition coefficient (Wildman–Crippen LogP) is 2.85. The Hall–Kier alpha value is -0.760. The maximum absolute atomic E-state index is 11.9. The lowest BCUT2D eigenvalue weighted by Gasteiger charge is -2.03. The highest BCUT2D eigenvalue weighted by molar-refractivity contribution is 7.91. The van der Waals surface area contributed by atoms with E-state index in [0.717, 1.165) is 10.7 Å². The zero-order chi connectivity index (χ0) is 13.9. The molecule has 0 atom stereocenters. The molecule has 104 valence electrons. The van der Waals surface area contributed by atoms with Crippen molar-refractivity contribution in [2.45, 2.75) is 30.4 Å². The molecule has 0 bridgehead atoms. The summed E-state index contributed by atoms with van der Waals surface area (Å²) in [5, 5.41) is 4.76. The predicted molar refractivity (Wildman–Crippen MR) is 79.4 cm³/mol. The van der Waals surface area contributed by atoms with E-state index in [0.29, 0.717) is 23.1 Å². The third-order valence-electron chi connectivity index (χ3n) is 2.55. The van der Waals surface area contributed by atoms with E-state index >= 15 is 0 Å². The molecule has 0 fully saturated rings. The zero-order valence-corrected chi connectivity index (χ0v) is 13.2. The molecule has 7 heteroatoms. The first kappa shape index (κ1) is 14.6. The standard InChI is InChI=1S/C12H16N2O2S3/c1-9(2)10-8-18-11(14-10)5-6-13-19(15,16)12-4-3-7-17-12/h3-4,7-9,13H,5-6H2,1-2H3. The summed E-state index contributed by atoms with van der Waals surface area (Å²) in [6, 6.07) is 3.34. The lowest BCUT2D eigenvalue weighted by atomic mass is 10.2. The molecule has 0 unspecified atom stereocenters. The molecule has 0 radical (unpaired) electrons. The van der Waals surface area contributed by atoms with Crippen molar-refractivity contribution in [1.82, 2.24) is 9.71 Å². The molecule has 0 aliphatic rings. The smallest absolute Gasteiger partial charge is 0.246 e. The van der Waals surface area contributed by atoms with Gasteiger partial charge in [0.05, 0.1) is 10.7 Å². The Morgan fingerprint density at radius 2 is 2.16 bits per heavy atom. The van der Waals surface area contributed by atoms with Gasteiger partial charge in [-0.05, 0) is 17.4 Å². The fourth-order valence-corrected chi connectivity index (χ4v) is 4.51. The molecule has 2 aromatic rings. The zero-order valence-electron chi connectivity index (χ0n) is 10.8. The van der Waals surface area contributed by atoms with Crippen molar-refractivity contribution in [2.75, 3.05) is 6.54 Å². The molecule has 4 nitrogen and oxygen atoms in total. The SMILES string of the molecule is CC(C)c1csc(CCNS(=O)(=O)c2cccs2)n1. The number of nitrogens with one attached hydrogen (secondary N) is 1. The lowest BCUT2D eigenvalue weighted by Crippen LogP contribution is -2.25. The van der Waals surface area contributed by atoms with Crippen LogP contribution in [0.1, 0.15) is 30.5 Å². The summed E-state index contributed by atoms with van der Waals surface area (Å²) in [6.07, 6.45) is 0.627. The van der Waals surface area contributed by atoms with Crippen LogP contribution < -0.4 is 4.72 Å². The van der Waals surface area contributed by atoms with Crippen molar-refractivity contribution in [3.05, 3.63) is 33.6 Å². The number of thiazole rings is 1. The van der Waals surface area contributed by atoms with Gasteiger partial charge in [0.25, 0.3) is 0 Å². The molecule has 0 saturated heterocycles. The third kappa shape index (κ3) is 3.85. The summed E-state index contributed by atoms with van der Waals surface area (Å²) in [7, 11) is -3.35. The van der Waals surface area contributed by atoms with Gasteiger partial charge in [-0.15, -0.1) is 22.7 Å². The van der Waals surface area contributed by atoms with Crippen molar-refractivity contribution in [2.24, 2.45) is 0 Å². The van der Waals surface area contributed by atoms with Crippen LogP contribution in [-0.4, -0.2) is 19.9 Å². The van der Waals surface area contributed by atoms with Crippen molar-refractivity contribution in [3.63, 3.8) is 0 Å². The maximum atomic E-state index is 11.9. The van der Waals surface area contributed by atoms with Gasteiger partial charge in [-0.2, -0.15) is 0 Å². The molecule has 0 aliphatic carbocycles. The number of aromatic nitrogens is 1. The Morgan fingerprint density at radius 3 is 2.74 bits per heavy atom. The molecule has 19 heavy (non-hydrogen) atoms. The lowest BCUT2D eigenvalue weighted by molar-refractivity contribution is 0.583. The quantitative estimate of drug-likeness (QED) is 0.891. The van der Waals surface area contributed by atoms with Crippen molar-refractivity contribution < 1.29 is 8.42 Å². The van der Waals surface area contributed by atoms with Crippen LogP contribution in [0.3, 0.4) is 0 Å². The van der Waals surface area contributed by atoms with Crippen LogP contribution in [0.4, 0.5) is 0 Å². The summed E-state index contributed by atoms with van der Waals surface area (Å²) in [4.78, 5) is 4.48. The molecular formula is C12H16N2O2S3. The largest absolute Gasteiger partial charge is 0.250 e. The first-order valence-corrected chi connectivity index (χ1v) is 9.21. The number of nitrogens with zero attached hydrogens (tertiary/aromatic N) is 1. The molecule has 0 aliphatic heterocycles. The van der Waals surface area contributed by atoms with Gasteiger partial charge in [0, 0.05) is 18.3 Å². The van der Waals surface area contributed by atoms with Crippen LogP contribution in [0.5, 0.6) is 0 Å². The normalized spacial score (nSPS) is 12.2. The highest BCUT2D eigenvalue weighted by atomic mass is 32.2. The van der Waals surface area contributed by atoms with Gasteiger partial charge < -0.3 is 0 Å². The second-order valence-electron chi connectivity index (χ2n) is 4.40. The molecule has 0 amide bonds. The van der Waals surface area contributed by atoms with E-state index in [2.05, 4.69) is 23.6 Å². The molecule has 0 aromatic carbocycles. The fourth-order valence-electron chi connectivity index (χ4n) is 1.48.